The maximum atomic E-state index is 8.60. The van der Waals surface area contributed by atoms with Gasteiger partial charge in [-0.05, 0) is 6.07 Å². The van der Waals surface area contributed by atoms with Gasteiger partial charge in [0.2, 0.25) is 0 Å². The molecular formula is C9H5ClN2. The van der Waals surface area contributed by atoms with Gasteiger partial charge in [-0.2, -0.15) is 5.26 Å². The number of fused-ring (bicyclic) bond motifs is 1. The van der Waals surface area contributed by atoms with Crippen molar-refractivity contribution in [3.05, 3.63) is 34.1 Å². The van der Waals surface area contributed by atoms with Gasteiger partial charge in [-0.15, -0.1) is 0 Å². The molecule has 1 aliphatic rings. The largest absolute Gasteiger partial charge is 0.241 e. The third-order valence-electron chi connectivity index (χ3n) is 1.80. The Morgan fingerprint density at radius 2 is 2.42 bits per heavy atom. The van der Waals surface area contributed by atoms with Crippen LogP contribution >= 0.6 is 11.6 Å². The van der Waals surface area contributed by atoms with Gasteiger partial charge in [0.15, 0.2) is 0 Å². The van der Waals surface area contributed by atoms with Crippen molar-refractivity contribution in [3.8, 4) is 6.07 Å². The molecule has 1 heterocycles. The smallest absolute Gasteiger partial charge is 0.142 e. The van der Waals surface area contributed by atoms with E-state index in [-0.39, 0.29) is 0 Å². The fourth-order valence-electron chi connectivity index (χ4n) is 1.25. The van der Waals surface area contributed by atoms with Crippen molar-refractivity contribution >= 4 is 17.7 Å². The second kappa shape index (κ2) is 2.62. The normalized spacial score (nSPS) is 12.7. The van der Waals surface area contributed by atoms with Crippen molar-refractivity contribution in [1.29, 1.82) is 5.26 Å². The zero-order valence-electron chi connectivity index (χ0n) is 6.21. The van der Waals surface area contributed by atoms with Crippen LogP contribution in [0, 0.1) is 11.3 Å². The Hall–Kier alpha value is -1.33. The quantitative estimate of drug-likeness (QED) is 0.608. The maximum absolute atomic E-state index is 8.60. The van der Waals surface area contributed by atoms with E-state index >= 15 is 0 Å². The number of nitrogens with zero attached hydrogens (tertiary/aromatic N) is 2. The van der Waals surface area contributed by atoms with E-state index in [9.17, 15) is 0 Å². The van der Waals surface area contributed by atoms with Crippen molar-refractivity contribution in [1.82, 2.24) is 4.98 Å². The molecule has 0 N–H and O–H groups in total. The van der Waals surface area contributed by atoms with Crippen molar-refractivity contribution < 1.29 is 0 Å². The molecule has 58 valence electrons. The average Bonchev–Trinajstić information content (AvgIpc) is 2.52. The molecule has 0 saturated heterocycles. The molecule has 0 amide bonds. The minimum Gasteiger partial charge on any atom is -0.241 e. The Morgan fingerprint density at radius 3 is 3.17 bits per heavy atom. The summed E-state index contributed by atoms with van der Waals surface area (Å²) >= 11 is 5.91. The molecule has 0 radical (unpaired) electrons. The van der Waals surface area contributed by atoms with Crippen LogP contribution in [0.15, 0.2) is 12.1 Å². The molecule has 0 spiro atoms. The number of halogens is 1. The summed E-state index contributed by atoms with van der Waals surface area (Å²) in [6.07, 6.45) is 4.71. The highest BCUT2D eigenvalue weighted by molar-refractivity contribution is 6.32. The standard InChI is InChI=1S/C9H5ClN2/c10-8-4-6(5-11)12-9-3-1-2-7(8)9/h1-2,4H,3H2. The highest BCUT2D eigenvalue weighted by Crippen LogP contribution is 2.25. The monoisotopic (exact) mass is 176 g/mol. The fraction of sp³-hybridized carbons (Fsp3) is 0.111. The summed E-state index contributed by atoms with van der Waals surface area (Å²) in [6, 6.07) is 3.57. The molecule has 0 saturated carbocycles. The van der Waals surface area contributed by atoms with E-state index in [2.05, 4.69) is 4.98 Å². The molecule has 1 aliphatic carbocycles. The molecule has 1 aromatic rings. The molecule has 0 aromatic carbocycles. The molecule has 0 fully saturated rings. The molecule has 2 nitrogen and oxygen atoms in total. The Kier molecular flexibility index (Phi) is 1.60. The van der Waals surface area contributed by atoms with E-state index in [0.29, 0.717) is 10.7 Å². The van der Waals surface area contributed by atoms with Gasteiger partial charge in [-0.1, -0.05) is 23.8 Å². The predicted octanol–water partition coefficient (Wildman–Crippen LogP) is 2.18. The Bertz CT molecular complexity index is 402. The maximum Gasteiger partial charge on any atom is 0.142 e. The van der Waals surface area contributed by atoms with Crippen LogP contribution in [0.2, 0.25) is 5.02 Å². The Morgan fingerprint density at radius 1 is 1.58 bits per heavy atom. The lowest BCUT2D eigenvalue weighted by atomic mass is 10.2. The Balaban J connectivity index is 2.65. The lowest BCUT2D eigenvalue weighted by Gasteiger charge is -1.99. The lowest BCUT2D eigenvalue weighted by molar-refractivity contribution is 1.11. The van der Waals surface area contributed by atoms with Gasteiger partial charge >= 0.3 is 0 Å². The summed E-state index contributed by atoms with van der Waals surface area (Å²) < 4.78 is 0. The van der Waals surface area contributed by atoms with Gasteiger partial charge in [0, 0.05) is 12.0 Å². The molecule has 0 bridgehead atoms. The number of allylic oxidation sites excluding steroid dienone is 1. The van der Waals surface area contributed by atoms with Crippen LogP contribution in [-0.2, 0) is 6.42 Å². The number of rotatable bonds is 0. The number of nitriles is 1. The third kappa shape index (κ3) is 0.992. The second-order valence-electron chi connectivity index (χ2n) is 2.57. The number of hydrogen-bond acceptors (Lipinski definition) is 2. The summed E-state index contributed by atoms with van der Waals surface area (Å²) in [5.41, 5.74) is 2.25. The van der Waals surface area contributed by atoms with Crippen molar-refractivity contribution in [3.63, 3.8) is 0 Å². The number of pyridine rings is 1. The summed E-state index contributed by atoms with van der Waals surface area (Å²) in [5.74, 6) is 0. The highest BCUT2D eigenvalue weighted by Gasteiger charge is 2.11. The molecule has 0 unspecified atom stereocenters. The molecule has 0 atom stereocenters. The zero-order valence-corrected chi connectivity index (χ0v) is 6.97. The first kappa shape index (κ1) is 7.33. The first-order valence-corrected chi connectivity index (χ1v) is 3.95. The van der Waals surface area contributed by atoms with Crippen molar-refractivity contribution in [2.75, 3.05) is 0 Å². The van der Waals surface area contributed by atoms with Crippen molar-refractivity contribution in [2.45, 2.75) is 6.42 Å². The van der Waals surface area contributed by atoms with Crippen LogP contribution in [0.5, 0.6) is 0 Å². The highest BCUT2D eigenvalue weighted by atomic mass is 35.5. The average molecular weight is 177 g/mol. The topological polar surface area (TPSA) is 36.7 Å². The minimum absolute atomic E-state index is 0.391. The van der Waals surface area contributed by atoms with Crippen LogP contribution in [-0.4, -0.2) is 4.98 Å². The van der Waals surface area contributed by atoms with Crippen LogP contribution in [0.1, 0.15) is 17.0 Å². The lowest BCUT2D eigenvalue weighted by Crippen LogP contribution is -1.92. The molecule has 12 heavy (non-hydrogen) atoms. The number of aromatic nitrogens is 1. The Labute approximate surface area is 75.1 Å². The fourth-order valence-corrected chi connectivity index (χ4v) is 1.53. The minimum atomic E-state index is 0.391. The van der Waals surface area contributed by atoms with E-state index in [0.717, 1.165) is 17.7 Å². The van der Waals surface area contributed by atoms with E-state index < -0.39 is 0 Å². The van der Waals surface area contributed by atoms with E-state index in [4.69, 9.17) is 16.9 Å². The first-order chi connectivity index (χ1) is 5.81. The van der Waals surface area contributed by atoms with Crippen LogP contribution in [0.3, 0.4) is 0 Å². The summed E-state index contributed by atoms with van der Waals surface area (Å²) in [6.45, 7) is 0. The van der Waals surface area contributed by atoms with Crippen LogP contribution in [0.25, 0.3) is 6.08 Å². The van der Waals surface area contributed by atoms with Crippen molar-refractivity contribution in [2.24, 2.45) is 0 Å². The second-order valence-corrected chi connectivity index (χ2v) is 2.98. The van der Waals surface area contributed by atoms with Crippen LogP contribution < -0.4 is 0 Å². The molecule has 3 heteroatoms. The summed E-state index contributed by atoms with van der Waals surface area (Å²) in [5, 5.41) is 9.22. The van der Waals surface area contributed by atoms with Gasteiger partial charge in [0.1, 0.15) is 11.8 Å². The van der Waals surface area contributed by atoms with Crippen LogP contribution in [0.4, 0.5) is 0 Å². The van der Waals surface area contributed by atoms with E-state index in [1.165, 1.54) is 0 Å². The zero-order chi connectivity index (χ0) is 8.55. The SMILES string of the molecule is N#Cc1cc(Cl)c2c(n1)CC=C2. The molecule has 1 aromatic heterocycles. The van der Waals surface area contributed by atoms with E-state index in [1.54, 1.807) is 6.07 Å². The van der Waals surface area contributed by atoms with Gasteiger partial charge in [-0.3, -0.25) is 0 Å². The first-order valence-electron chi connectivity index (χ1n) is 3.57. The third-order valence-corrected chi connectivity index (χ3v) is 2.11. The van der Waals surface area contributed by atoms with Gasteiger partial charge in [0.05, 0.1) is 10.7 Å². The summed E-state index contributed by atoms with van der Waals surface area (Å²) in [4.78, 5) is 4.12. The predicted molar refractivity (Wildman–Crippen MR) is 46.7 cm³/mol. The molecule has 2 rings (SSSR count). The van der Waals surface area contributed by atoms with Gasteiger partial charge in [-0.25, -0.2) is 4.98 Å². The molecular weight excluding hydrogens is 172 g/mol. The summed E-state index contributed by atoms with van der Waals surface area (Å²) in [7, 11) is 0. The van der Waals surface area contributed by atoms with E-state index in [1.807, 2.05) is 18.2 Å². The molecule has 0 aliphatic heterocycles. The van der Waals surface area contributed by atoms with Gasteiger partial charge < -0.3 is 0 Å². The number of hydrogen-bond donors (Lipinski definition) is 0. The van der Waals surface area contributed by atoms with Gasteiger partial charge in [0.25, 0.3) is 0 Å².